The molecule has 0 fully saturated rings. The predicted octanol–water partition coefficient (Wildman–Crippen LogP) is 4.22. The van der Waals surface area contributed by atoms with E-state index in [1.54, 1.807) is 7.11 Å². The molecule has 0 aromatic heterocycles. The van der Waals surface area contributed by atoms with Gasteiger partial charge in [0.2, 0.25) is 0 Å². The third kappa shape index (κ3) is 9.84. The minimum absolute atomic E-state index is 0.211. The van der Waals surface area contributed by atoms with Gasteiger partial charge in [0.25, 0.3) is 0 Å². The lowest BCUT2D eigenvalue weighted by molar-refractivity contribution is 0.0248. The van der Waals surface area contributed by atoms with E-state index in [-0.39, 0.29) is 6.61 Å². The van der Waals surface area contributed by atoms with Crippen molar-refractivity contribution >= 4 is 0 Å². The van der Waals surface area contributed by atoms with Gasteiger partial charge >= 0.3 is 0 Å². The van der Waals surface area contributed by atoms with Crippen LogP contribution in [0.2, 0.25) is 0 Å². The summed E-state index contributed by atoms with van der Waals surface area (Å²) in [4.78, 5) is 0. The topological polar surface area (TPSA) is 35.2 Å². The molecule has 2 N–H and O–H groups in total. The first kappa shape index (κ1) is 17.8. The van der Waals surface area contributed by atoms with Crippen molar-refractivity contribution < 1.29 is 9.13 Å². The van der Waals surface area contributed by atoms with Crippen LogP contribution >= 0.6 is 0 Å². The summed E-state index contributed by atoms with van der Waals surface area (Å²) in [5.74, 6) is 0. The number of rotatable bonds is 13. The maximum Gasteiger partial charge on any atom is 0.134 e. The van der Waals surface area contributed by atoms with E-state index in [0.29, 0.717) is 19.4 Å². The monoisotopic (exact) mass is 261 g/mol. The first-order chi connectivity index (χ1) is 8.68. The van der Waals surface area contributed by atoms with Crippen molar-refractivity contribution in [3.05, 3.63) is 0 Å². The van der Waals surface area contributed by atoms with Crippen molar-refractivity contribution in [2.75, 3.05) is 20.3 Å². The van der Waals surface area contributed by atoms with Crippen LogP contribution in [0.15, 0.2) is 0 Å². The summed E-state index contributed by atoms with van der Waals surface area (Å²) in [6, 6.07) is 0. The summed E-state index contributed by atoms with van der Waals surface area (Å²) in [6.45, 7) is 2.99. The van der Waals surface area contributed by atoms with Crippen LogP contribution in [0.5, 0.6) is 0 Å². The average Bonchev–Trinajstić information content (AvgIpc) is 2.36. The number of alkyl halides is 1. The molecular weight excluding hydrogens is 229 g/mol. The molecule has 0 aliphatic rings. The van der Waals surface area contributed by atoms with E-state index in [9.17, 15) is 4.39 Å². The van der Waals surface area contributed by atoms with E-state index < -0.39 is 5.67 Å². The molecule has 0 amide bonds. The number of unbranched alkanes of at least 4 members (excludes halogenated alkanes) is 6. The standard InChI is InChI=1S/C15H32FNO/c1-3-4-5-6-7-8-9-11-15(16,14-18-2)12-10-13-17/h3-14,17H2,1-2H3. The van der Waals surface area contributed by atoms with Crippen molar-refractivity contribution in [1.29, 1.82) is 0 Å². The minimum Gasteiger partial charge on any atom is -0.381 e. The fraction of sp³-hybridized carbons (Fsp3) is 1.00. The number of ether oxygens (including phenoxy) is 1. The molecule has 110 valence electrons. The van der Waals surface area contributed by atoms with E-state index in [2.05, 4.69) is 6.92 Å². The highest BCUT2D eigenvalue weighted by molar-refractivity contribution is 4.79. The summed E-state index contributed by atoms with van der Waals surface area (Å²) in [7, 11) is 1.57. The van der Waals surface area contributed by atoms with Gasteiger partial charge in [-0.3, -0.25) is 0 Å². The Hall–Kier alpha value is -0.150. The highest BCUT2D eigenvalue weighted by atomic mass is 19.1. The maximum atomic E-state index is 14.4. The summed E-state index contributed by atoms with van der Waals surface area (Å²) >= 11 is 0. The minimum atomic E-state index is -1.16. The Bertz CT molecular complexity index is 178. The molecule has 1 atom stereocenters. The maximum absolute atomic E-state index is 14.4. The fourth-order valence-electron chi connectivity index (χ4n) is 2.35. The lowest BCUT2D eigenvalue weighted by atomic mass is 9.93. The Balaban J connectivity index is 3.62. The van der Waals surface area contributed by atoms with Gasteiger partial charge in [0.05, 0.1) is 6.61 Å². The van der Waals surface area contributed by atoms with Gasteiger partial charge in [-0.15, -0.1) is 0 Å². The van der Waals surface area contributed by atoms with Crippen LogP contribution in [-0.2, 0) is 4.74 Å². The molecule has 0 saturated heterocycles. The molecule has 3 heteroatoms. The van der Waals surface area contributed by atoms with Gasteiger partial charge in [0, 0.05) is 7.11 Å². The molecule has 0 rings (SSSR count). The highest BCUT2D eigenvalue weighted by Gasteiger charge is 2.28. The van der Waals surface area contributed by atoms with Gasteiger partial charge in [-0.05, 0) is 25.8 Å². The Morgan fingerprint density at radius 2 is 1.50 bits per heavy atom. The van der Waals surface area contributed by atoms with E-state index in [4.69, 9.17) is 10.5 Å². The number of nitrogens with two attached hydrogens (primary N) is 1. The average molecular weight is 261 g/mol. The zero-order valence-corrected chi connectivity index (χ0v) is 12.3. The second-order valence-electron chi connectivity index (χ2n) is 5.35. The van der Waals surface area contributed by atoms with Crippen LogP contribution in [0.3, 0.4) is 0 Å². The Morgan fingerprint density at radius 1 is 0.944 bits per heavy atom. The third-order valence-electron chi connectivity index (χ3n) is 3.46. The molecule has 1 unspecified atom stereocenters. The van der Waals surface area contributed by atoms with Crippen LogP contribution in [0.4, 0.5) is 4.39 Å². The largest absolute Gasteiger partial charge is 0.381 e. The Morgan fingerprint density at radius 3 is 2.06 bits per heavy atom. The summed E-state index contributed by atoms with van der Waals surface area (Å²) in [5.41, 5.74) is 4.29. The number of halogens is 1. The van der Waals surface area contributed by atoms with Crippen molar-refractivity contribution in [2.45, 2.75) is 76.8 Å². The molecule has 2 nitrogen and oxygen atoms in total. The SMILES string of the molecule is CCCCCCCCCC(F)(CCCN)COC. The lowest BCUT2D eigenvalue weighted by Gasteiger charge is -2.24. The van der Waals surface area contributed by atoms with Gasteiger partial charge in [0.1, 0.15) is 5.67 Å². The van der Waals surface area contributed by atoms with Gasteiger partial charge in [-0.1, -0.05) is 51.9 Å². The molecular formula is C15H32FNO. The molecule has 0 spiro atoms. The van der Waals surface area contributed by atoms with Gasteiger partial charge in [-0.25, -0.2) is 4.39 Å². The zero-order valence-electron chi connectivity index (χ0n) is 12.3. The third-order valence-corrected chi connectivity index (χ3v) is 3.46. The smallest absolute Gasteiger partial charge is 0.134 e. The summed E-state index contributed by atoms with van der Waals surface area (Å²) in [6.07, 6.45) is 10.5. The summed E-state index contributed by atoms with van der Waals surface area (Å²) in [5, 5.41) is 0. The molecule has 0 aromatic rings. The Labute approximate surface area is 112 Å². The second kappa shape index (κ2) is 11.9. The first-order valence-corrected chi connectivity index (χ1v) is 7.56. The van der Waals surface area contributed by atoms with E-state index in [1.165, 1.54) is 32.1 Å². The lowest BCUT2D eigenvalue weighted by Crippen LogP contribution is -2.29. The number of methoxy groups -OCH3 is 1. The summed E-state index contributed by atoms with van der Waals surface area (Å²) < 4.78 is 19.4. The Kier molecular flexibility index (Phi) is 11.8. The quantitative estimate of drug-likeness (QED) is 0.504. The highest BCUT2D eigenvalue weighted by Crippen LogP contribution is 2.26. The van der Waals surface area contributed by atoms with Crippen LogP contribution in [0, 0.1) is 0 Å². The van der Waals surface area contributed by atoms with Crippen molar-refractivity contribution in [1.82, 2.24) is 0 Å². The molecule has 0 aliphatic carbocycles. The number of hydrogen-bond donors (Lipinski definition) is 1. The first-order valence-electron chi connectivity index (χ1n) is 7.56. The van der Waals surface area contributed by atoms with E-state index >= 15 is 0 Å². The van der Waals surface area contributed by atoms with E-state index in [1.807, 2.05) is 0 Å². The molecule has 0 aliphatic heterocycles. The van der Waals surface area contributed by atoms with Crippen LogP contribution < -0.4 is 5.73 Å². The van der Waals surface area contributed by atoms with Crippen molar-refractivity contribution in [2.24, 2.45) is 5.73 Å². The van der Waals surface area contributed by atoms with Gasteiger partial charge in [-0.2, -0.15) is 0 Å². The van der Waals surface area contributed by atoms with Crippen molar-refractivity contribution in [3.63, 3.8) is 0 Å². The molecule has 18 heavy (non-hydrogen) atoms. The van der Waals surface area contributed by atoms with Crippen LogP contribution in [0.25, 0.3) is 0 Å². The predicted molar refractivity (Wildman–Crippen MR) is 76.6 cm³/mol. The molecule has 0 bridgehead atoms. The van der Waals surface area contributed by atoms with Crippen molar-refractivity contribution in [3.8, 4) is 0 Å². The fourth-order valence-corrected chi connectivity index (χ4v) is 2.35. The van der Waals surface area contributed by atoms with E-state index in [0.717, 1.165) is 19.3 Å². The molecule has 0 aromatic carbocycles. The molecule has 0 saturated carbocycles. The van der Waals surface area contributed by atoms with Crippen LogP contribution in [-0.4, -0.2) is 25.9 Å². The van der Waals surface area contributed by atoms with Gasteiger partial charge < -0.3 is 10.5 Å². The number of hydrogen-bond acceptors (Lipinski definition) is 2. The zero-order chi connectivity index (χ0) is 13.7. The molecule has 0 radical (unpaired) electrons. The second-order valence-corrected chi connectivity index (χ2v) is 5.35. The molecule has 0 heterocycles. The van der Waals surface area contributed by atoms with Gasteiger partial charge in [0.15, 0.2) is 0 Å². The van der Waals surface area contributed by atoms with Crippen LogP contribution in [0.1, 0.15) is 71.1 Å². The normalized spacial score (nSPS) is 14.7.